The summed E-state index contributed by atoms with van der Waals surface area (Å²) in [6, 6.07) is 4.17. The Bertz CT molecular complexity index is 818. The van der Waals surface area contributed by atoms with E-state index < -0.39 is 45.1 Å². The van der Waals surface area contributed by atoms with Gasteiger partial charge >= 0.3 is 11.9 Å². The molecule has 12 heteroatoms. The second kappa shape index (κ2) is 12.2. The molecule has 0 unspecified atom stereocenters. The van der Waals surface area contributed by atoms with E-state index in [4.69, 9.17) is 9.29 Å². The predicted molar refractivity (Wildman–Crippen MR) is 105 cm³/mol. The highest BCUT2D eigenvalue weighted by Gasteiger charge is 2.31. The number of methoxy groups -OCH3 is 2. The van der Waals surface area contributed by atoms with Crippen molar-refractivity contribution in [3.8, 4) is 0 Å². The Hall–Kier alpha value is -2.57. The van der Waals surface area contributed by atoms with Crippen molar-refractivity contribution in [3.63, 3.8) is 0 Å². The Morgan fingerprint density at radius 1 is 0.967 bits per heavy atom. The molecule has 170 valence electrons. The zero-order valence-corrected chi connectivity index (χ0v) is 18.4. The van der Waals surface area contributed by atoms with Crippen molar-refractivity contribution in [2.45, 2.75) is 44.8 Å². The Morgan fingerprint density at radius 2 is 1.43 bits per heavy atom. The van der Waals surface area contributed by atoms with E-state index in [0.717, 1.165) is 31.4 Å². The molecule has 11 nitrogen and oxygen atoms in total. The van der Waals surface area contributed by atoms with E-state index in [9.17, 15) is 28.1 Å². The molecule has 0 aliphatic carbocycles. The molecule has 2 atom stereocenters. The number of non-ortho nitro benzene ring substituents is 1. The predicted octanol–water partition coefficient (Wildman–Crippen LogP) is 1.67. The van der Waals surface area contributed by atoms with Gasteiger partial charge < -0.3 is 14.6 Å². The number of esters is 2. The van der Waals surface area contributed by atoms with Crippen LogP contribution < -0.4 is 0 Å². The molecule has 1 aromatic carbocycles. The van der Waals surface area contributed by atoms with Gasteiger partial charge in [0.2, 0.25) is 0 Å². The highest BCUT2D eigenvalue weighted by molar-refractivity contribution is 7.86. The van der Waals surface area contributed by atoms with E-state index in [2.05, 4.69) is 9.47 Å². The minimum absolute atomic E-state index is 0.0718. The van der Waals surface area contributed by atoms with Gasteiger partial charge in [0.05, 0.1) is 24.0 Å². The van der Waals surface area contributed by atoms with E-state index in [1.54, 1.807) is 27.7 Å². The number of aliphatic hydroxyl groups excluding tert-OH is 1. The first-order chi connectivity index (χ1) is 13.8. The van der Waals surface area contributed by atoms with Crippen LogP contribution in [0.1, 0.15) is 27.7 Å². The number of benzene rings is 1. The van der Waals surface area contributed by atoms with Crippen molar-refractivity contribution in [3.05, 3.63) is 34.4 Å². The minimum atomic E-state index is -4.23. The lowest BCUT2D eigenvalue weighted by Crippen LogP contribution is -2.33. The highest BCUT2D eigenvalue weighted by Crippen LogP contribution is 2.21. The molecule has 0 amide bonds. The van der Waals surface area contributed by atoms with Crippen LogP contribution in [-0.2, 0) is 33.4 Å². The van der Waals surface area contributed by atoms with Gasteiger partial charge in [-0.3, -0.25) is 14.3 Å². The lowest BCUT2D eigenvalue weighted by atomic mass is 10.1. The Kier molecular flexibility index (Phi) is 11.2. The number of nitro groups is 1. The molecule has 1 rings (SSSR count). The van der Waals surface area contributed by atoms with Crippen LogP contribution >= 0.6 is 0 Å². The number of nitro benzene ring substituents is 1. The van der Waals surface area contributed by atoms with Gasteiger partial charge in [0.15, 0.2) is 12.2 Å². The first-order valence-corrected chi connectivity index (χ1v) is 10.2. The summed E-state index contributed by atoms with van der Waals surface area (Å²) < 4.78 is 37.7. The van der Waals surface area contributed by atoms with E-state index in [0.29, 0.717) is 0 Å². The summed E-state index contributed by atoms with van der Waals surface area (Å²) in [4.78, 5) is 31.6. The maximum Gasteiger partial charge on any atom is 0.336 e. The highest BCUT2D eigenvalue weighted by atomic mass is 32.2. The van der Waals surface area contributed by atoms with Crippen molar-refractivity contribution in [2.75, 3.05) is 14.2 Å². The molecule has 0 fully saturated rings. The fourth-order valence-electron chi connectivity index (χ4n) is 1.86. The molecule has 0 saturated heterocycles. The van der Waals surface area contributed by atoms with Crippen LogP contribution in [0.5, 0.6) is 0 Å². The molecule has 1 aromatic rings. The molecule has 0 aromatic heterocycles. The number of hydrogen-bond donors (Lipinski definition) is 1. The van der Waals surface area contributed by atoms with Gasteiger partial charge in [-0.15, -0.1) is 0 Å². The number of hydrogen-bond acceptors (Lipinski definition) is 10. The fraction of sp³-hybridized carbons (Fsp3) is 0.556. The van der Waals surface area contributed by atoms with Gasteiger partial charge in [-0.25, -0.2) is 9.59 Å². The smallest absolute Gasteiger partial charge is 0.336 e. The van der Waals surface area contributed by atoms with Crippen LogP contribution in [0.2, 0.25) is 0 Å². The van der Waals surface area contributed by atoms with Crippen LogP contribution in [0.3, 0.4) is 0 Å². The summed E-state index contributed by atoms with van der Waals surface area (Å²) in [6.07, 6.45) is -2.26. The third-order valence-corrected chi connectivity index (χ3v) is 4.99. The van der Waals surface area contributed by atoms with Crippen molar-refractivity contribution in [1.29, 1.82) is 0 Å². The van der Waals surface area contributed by atoms with Crippen LogP contribution in [0.4, 0.5) is 5.69 Å². The van der Waals surface area contributed by atoms with Gasteiger partial charge in [0.1, 0.15) is 0 Å². The monoisotopic (exact) mass is 449 g/mol. The van der Waals surface area contributed by atoms with Gasteiger partial charge in [-0.05, 0) is 24.0 Å². The van der Waals surface area contributed by atoms with E-state index in [1.165, 1.54) is 7.11 Å². The molecule has 0 saturated carbocycles. The third-order valence-electron chi connectivity index (χ3n) is 3.68. The molecule has 0 aliphatic rings. The molecule has 0 radical (unpaired) electrons. The van der Waals surface area contributed by atoms with Crippen LogP contribution in [0.25, 0.3) is 0 Å². The van der Waals surface area contributed by atoms with E-state index in [1.807, 2.05) is 0 Å². The van der Waals surface area contributed by atoms with Gasteiger partial charge in [-0.1, -0.05) is 27.7 Å². The zero-order chi connectivity index (χ0) is 23.6. The number of carbonyl (C=O) groups excluding carboxylic acids is 2. The fourth-order valence-corrected chi connectivity index (χ4v) is 3.01. The third kappa shape index (κ3) is 8.43. The van der Waals surface area contributed by atoms with Gasteiger partial charge in [0.25, 0.3) is 15.8 Å². The SMILES string of the molecule is COC(=O)[C@H](O)C(C)C.COC(=O)[C@H](OS(=O)(=O)c1ccc([N+](=O)[O-])cc1)C(C)C. The molecule has 1 N–H and O–H groups in total. The Morgan fingerprint density at radius 3 is 1.73 bits per heavy atom. The van der Waals surface area contributed by atoms with Crippen molar-refractivity contribution < 1.29 is 41.7 Å². The Labute approximate surface area is 175 Å². The van der Waals surface area contributed by atoms with E-state index >= 15 is 0 Å². The molecule has 0 heterocycles. The van der Waals surface area contributed by atoms with Crippen molar-refractivity contribution >= 4 is 27.7 Å². The topological polar surface area (TPSA) is 159 Å². The normalized spacial score (nSPS) is 13.1. The van der Waals surface area contributed by atoms with Crippen LogP contribution in [0.15, 0.2) is 29.2 Å². The molecule has 0 spiro atoms. The summed E-state index contributed by atoms with van der Waals surface area (Å²) in [5.41, 5.74) is -0.248. The summed E-state index contributed by atoms with van der Waals surface area (Å²) in [7, 11) is -1.84. The summed E-state index contributed by atoms with van der Waals surface area (Å²) >= 11 is 0. The van der Waals surface area contributed by atoms with Crippen LogP contribution in [0, 0.1) is 22.0 Å². The van der Waals surface area contributed by atoms with E-state index in [-0.39, 0.29) is 16.5 Å². The van der Waals surface area contributed by atoms with Crippen molar-refractivity contribution in [2.24, 2.45) is 11.8 Å². The molecule has 30 heavy (non-hydrogen) atoms. The maximum absolute atomic E-state index is 12.0. The quantitative estimate of drug-likeness (QED) is 0.268. The average molecular weight is 449 g/mol. The first-order valence-electron chi connectivity index (χ1n) is 8.79. The Balaban J connectivity index is 0.000000787. The second-order valence-electron chi connectivity index (χ2n) is 6.70. The van der Waals surface area contributed by atoms with Gasteiger partial charge in [0, 0.05) is 12.1 Å². The summed E-state index contributed by atoms with van der Waals surface area (Å²) in [5, 5.41) is 19.4. The minimum Gasteiger partial charge on any atom is -0.467 e. The largest absolute Gasteiger partial charge is 0.467 e. The number of carbonyl (C=O) groups is 2. The standard InChI is InChI=1S/C12H15NO7S.C6H12O3/c1-8(2)11(12(14)19-3)20-21(17,18)10-6-4-9(5-7-10)13(15)16;1-4(2)5(7)6(8)9-3/h4-8,11H,1-3H3;4-5,7H,1-3H3/t11-;5-/m11/s1. The molecular weight excluding hydrogens is 422 g/mol. The average Bonchev–Trinajstić information content (AvgIpc) is 2.70. The first kappa shape index (κ1) is 27.4. The van der Waals surface area contributed by atoms with Crippen LogP contribution in [-0.4, -0.2) is 56.8 Å². The number of nitrogens with zero attached hydrogens (tertiary/aromatic N) is 1. The number of aliphatic hydroxyl groups is 1. The molecular formula is C18H27NO10S. The van der Waals surface area contributed by atoms with Crippen molar-refractivity contribution in [1.82, 2.24) is 0 Å². The maximum atomic E-state index is 12.0. The van der Waals surface area contributed by atoms with Gasteiger partial charge in [-0.2, -0.15) is 8.42 Å². The zero-order valence-electron chi connectivity index (χ0n) is 17.6. The molecule has 0 bridgehead atoms. The summed E-state index contributed by atoms with van der Waals surface area (Å²) in [6.45, 7) is 6.71. The number of ether oxygens (including phenoxy) is 2. The number of rotatable bonds is 8. The summed E-state index contributed by atoms with van der Waals surface area (Å²) in [5.74, 6) is -1.87. The lowest BCUT2D eigenvalue weighted by molar-refractivity contribution is -0.384. The molecule has 0 aliphatic heterocycles. The second-order valence-corrected chi connectivity index (χ2v) is 8.27. The lowest BCUT2D eigenvalue weighted by Gasteiger charge is -2.18.